The molecule has 0 bridgehead atoms. The summed E-state index contributed by atoms with van der Waals surface area (Å²) in [5.41, 5.74) is 2.11. The van der Waals surface area contributed by atoms with Gasteiger partial charge >= 0.3 is 0 Å². The van der Waals surface area contributed by atoms with Crippen LogP contribution in [0, 0.1) is 0 Å². The maximum absolute atomic E-state index is 9.55. The van der Waals surface area contributed by atoms with Crippen molar-refractivity contribution in [1.29, 1.82) is 0 Å². The van der Waals surface area contributed by atoms with E-state index in [0.29, 0.717) is 0 Å². The quantitative estimate of drug-likeness (QED) is 0.785. The molecule has 15 heavy (non-hydrogen) atoms. The molecule has 1 aromatic heterocycles. The highest BCUT2D eigenvalue weighted by molar-refractivity contribution is 6.20. The summed E-state index contributed by atoms with van der Waals surface area (Å²) in [6, 6.07) is 1.97. The number of aryl methyl sites for hydroxylation is 1. The smallest absolute Gasteiger partial charge is 0.0779 e. The van der Waals surface area contributed by atoms with E-state index in [0.717, 1.165) is 24.8 Å². The second-order valence-electron chi connectivity index (χ2n) is 3.92. The summed E-state index contributed by atoms with van der Waals surface area (Å²) in [5.74, 6) is 0. The van der Waals surface area contributed by atoms with E-state index < -0.39 is 6.10 Å². The lowest BCUT2D eigenvalue weighted by Gasteiger charge is -2.11. The Hall–Kier alpha value is -0.600. The van der Waals surface area contributed by atoms with Crippen LogP contribution in [0.4, 0.5) is 0 Å². The maximum Gasteiger partial charge on any atom is 0.0779 e. The molecule has 0 aliphatic heterocycles. The Morgan fingerprint density at radius 3 is 2.80 bits per heavy atom. The Labute approximate surface area is 96.3 Å². The third-order valence-electron chi connectivity index (χ3n) is 2.44. The zero-order valence-electron chi connectivity index (χ0n) is 9.28. The molecular formula is C12H18ClNO. The van der Waals surface area contributed by atoms with Crippen molar-refractivity contribution in [2.75, 3.05) is 0 Å². The molecule has 0 spiro atoms. The Morgan fingerprint density at radius 1 is 1.47 bits per heavy atom. The molecule has 2 nitrogen and oxygen atoms in total. The fourth-order valence-corrected chi connectivity index (χ4v) is 1.77. The number of aliphatic hydroxyl groups excluding tert-OH is 1. The van der Waals surface area contributed by atoms with Crippen molar-refractivity contribution in [3.8, 4) is 0 Å². The highest BCUT2D eigenvalue weighted by Gasteiger charge is 2.07. The Kier molecular flexibility index (Phi) is 5.06. The summed E-state index contributed by atoms with van der Waals surface area (Å²) in [7, 11) is 0. The van der Waals surface area contributed by atoms with Crippen molar-refractivity contribution in [2.45, 2.75) is 44.6 Å². The first-order valence-corrected chi connectivity index (χ1v) is 5.80. The number of aliphatic hydroxyl groups is 1. The molecule has 0 saturated carbocycles. The largest absolute Gasteiger partial charge is 0.389 e. The zero-order valence-corrected chi connectivity index (χ0v) is 10.0. The summed E-state index contributed by atoms with van der Waals surface area (Å²) in [6.07, 6.45) is 6.08. The van der Waals surface area contributed by atoms with E-state index in [1.54, 1.807) is 19.3 Å². The van der Waals surface area contributed by atoms with Gasteiger partial charge in [0.25, 0.3) is 0 Å². The van der Waals surface area contributed by atoms with Crippen molar-refractivity contribution in [2.24, 2.45) is 0 Å². The summed E-state index contributed by atoms with van der Waals surface area (Å²) in [5, 5.41) is 9.77. The van der Waals surface area contributed by atoms with Crippen LogP contribution in [0.25, 0.3) is 0 Å². The van der Waals surface area contributed by atoms with Crippen LogP contribution in [0.1, 0.15) is 43.9 Å². The van der Waals surface area contributed by atoms with E-state index in [1.165, 1.54) is 5.56 Å². The first-order valence-electron chi connectivity index (χ1n) is 5.36. The number of aromatic nitrogens is 1. The van der Waals surface area contributed by atoms with Crippen LogP contribution < -0.4 is 0 Å². The fraction of sp³-hybridized carbons (Fsp3) is 0.583. The minimum atomic E-state index is -0.442. The lowest BCUT2D eigenvalue weighted by molar-refractivity contribution is 0.197. The van der Waals surface area contributed by atoms with E-state index >= 15 is 0 Å². The molecule has 0 aliphatic rings. The van der Waals surface area contributed by atoms with Crippen LogP contribution in [0.2, 0.25) is 0 Å². The molecule has 84 valence electrons. The van der Waals surface area contributed by atoms with E-state index in [2.05, 4.69) is 4.98 Å². The molecule has 1 rings (SSSR count). The van der Waals surface area contributed by atoms with Gasteiger partial charge in [-0.2, -0.15) is 0 Å². The highest BCUT2D eigenvalue weighted by atomic mass is 35.5. The van der Waals surface area contributed by atoms with Gasteiger partial charge in [-0.3, -0.25) is 4.98 Å². The molecule has 3 heteroatoms. The van der Waals surface area contributed by atoms with Gasteiger partial charge in [0.1, 0.15) is 0 Å². The van der Waals surface area contributed by atoms with Gasteiger partial charge in [-0.25, -0.2) is 0 Å². The summed E-state index contributed by atoms with van der Waals surface area (Å²) in [4.78, 5) is 4.02. The van der Waals surface area contributed by atoms with Gasteiger partial charge in [-0.05, 0) is 44.7 Å². The predicted molar refractivity (Wildman–Crippen MR) is 63.1 cm³/mol. The first-order chi connectivity index (χ1) is 7.11. The summed E-state index contributed by atoms with van der Waals surface area (Å²) >= 11 is 5.88. The number of pyridine rings is 1. The Morgan fingerprint density at radius 2 is 2.20 bits per heavy atom. The normalized spacial score (nSPS) is 14.9. The standard InChI is InChI=1S/C12H18ClNO/c1-9(13)4-3-5-11-6-7-14-8-12(11)10(2)15/h6-10,15H,3-5H2,1-2H3. The third-order valence-corrected chi connectivity index (χ3v) is 2.66. The van der Waals surface area contributed by atoms with Crippen LogP contribution >= 0.6 is 11.6 Å². The van der Waals surface area contributed by atoms with E-state index in [-0.39, 0.29) is 5.38 Å². The van der Waals surface area contributed by atoms with Crippen molar-refractivity contribution in [3.05, 3.63) is 29.6 Å². The van der Waals surface area contributed by atoms with Gasteiger partial charge < -0.3 is 5.11 Å². The SMILES string of the molecule is CC(Cl)CCCc1ccncc1C(C)O. The second-order valence-corrected chi connectivity index (χ2v) is 4.67. The lowest BCUT2D eigenvalue weighted by atomic mass is 10.0. The molecule has 2 unspecified atom stereocenters. The van der Waals surface area contributed by atoms with Gasteiger partial charge in [0, 0.05) is 23.3 Å². The first kappa shape index (κ1) is 12.5. The Balaban J connectivity index is 2.59. The highest BCUT2D eigenvalue weighted by Crippen LogP contribution is 2.18. The molecular weight excluding hydrogens is 210 g/mol. The molecule has 1 aromatic rings. The predicted octanol–water partition coefficient (Wildman–Crippen LogP) is 3.08. The van der Waals surface area contributed by atoms with E-state index in [1.807, 2.05) is 13.0 Å². The van der Waals surface area contributed by atoms with Crippen LogP contribution in [-0.2, 0) is 6.42 Å². The van der Waals surface area contributed by atoms with Crippen molar-refractivity contribution in [3.63, 3.8) is 0 Å². The molecule has 1 N–H and O–H groups in total. The molecule has 0 fully saturated rings. The van der Waals surface area contributed by atoms with Crippen molar-refractivity contribution >= 4 is 11.6 Å². The average Bonchev–Trinajstić information content (AvgIpc) is 2.17. The zero-order chi connectivity index (χ0) is 11.3. The number of hydrogen-bond donors (Lipinski definition) is 1. The van der Waals surface area contributed by atoms with Gasteiger partial charge in [0.2, 0.25) is 0 Å². The van der Waals surface area contributed by atoms with Crippen molar-refractivity contribution in [1.82, 2.24) is 4.98 Å². The molecule has 0 saturated heterocycles. The third kappa shape index (κ3) is 4.18. The molecule has 0 aliphatic carbocycles. The number of rotatable bonds is 5. The van der Waals surface area contributed by atoms with Crippen LogP contribution in [0.5, 0.6) is 0 Å². The number of nitrogens with zero attached hydrogens (tertiary/aromatic N) is 1. The van der Waals surface area contributed by atoms with Crippen LogP contribution in [-0.4, -0.2) is 15.5 Å². The van der Waals surface area contributed by atoms with Crippen LogP contribution in [0.3, 0.4) is 0 Å². The second kappa shape index (κ2) is 6.09. The van der Waals surface area contributed by atoms with Gasteiger partial charge in [0.15, 0.2) is 0 Å². The Bertz CT molecular complexity index is 299. The average molecular weight is 228 g/mol. The van der Waals surface area contributed by atoms with Gasteiger partial charge in [-0.15, -0.1) is 11.6 Å². The molecule has 0 amide bonds. The van der Waals surface area contributed by atoms with Crippen molar-refractivity contribution < 1.29 is 5.11 Å². The lowest BCUT2D eigenvalue weighted by Crippen LogP contribution is -2.01. The molecule has 0 aromatic carbocycles. The number of halogens is 1. The monoisotopic (exact) mass is 227 g/mol. The minimum Gasteiger partial charge on any atom is -0.389 e. The topological polar surface area (TPSA) is 33.1 Å². The van der Waals surface area contributed by atoms with E-state index in [9.17, 15) is 5.11 Å². The minimum absolute atomic E-state index is 0.224. The summed E-state index contributed by atoms with van der Waals surface area (Å²) < 4.78 is 0. The maximum atomic E-state index is 9.55. The fourth-order valence-electron chi connectivity index (χ4n) is 1.61. The summed E-state index contributed by atoms with van der Waals surface area (Å²) in [6.45, 7) is 3.77. The number of hydrogen-bond acceptors (Lipinski definition) is 2. The van der Waals surface area contributed by atoms with Gasteiger partial charge in [0.05, 0.1) is 6.10 Å². The van der Waals surface area contributed by atoms with E-state index in [4.69, 9.17) is 11.6 Å². The molecule has 1 heterocycles. The number of alkyl halides is 1. The molecule has 0 radical (unpaired) electrons. The van der Waals surface area contributed by atoms with Gasteiger partial charge in [-0.1, -0.05) is 0 Å². The molecule has 2 atom stereocenters. The van der Waals surface area contributed by atoms with Crippen LogP contribution in [0.15, 0.2) is 18.5 Å².